The van der Waals surface area contributed by atoms with Crippen molar-refractivity contribution in [3.05, 3.63) is 0 Å². The maximum Gasteiger partial charge on any atom is 3.00 e. The zero-order chi connectivity index (χ0) is 0. The van der Waals surface area contributed by atoms with Gasteiger partial charge in [-0.2, -0.15) is 0 Å². The standard InChI is InChI=1S/9ClH.Dy.Gd.Tb/h9*1H;;;/q;;;;;;;;;3*+3/p-9. The van der Waals surface area contributed by atoms with Crippen LogP contribution in [0, 0.1) is 117 Å². The Morgan fingerprint density at radius 3 is 0.333 bits per heavy atom. The molecule has 0 rings (SSSR count). The predicted octanol–water partition coefficient (Wildman–Crippen LogP) is -27.0. The molecule has 0 saturated heterocycles. The summed E-state index contributed by atoms with van der Waals surface area (Å²) < 4.78 is 0. The van der Waals surface area contributed by atoms with Gasteiger partial charge in [0.25, 0.3) is 0 Å². The van der Waals surface area contributed by atoms with Gasteiger partial charge >= 0.3 is 117 Å². The van der Waals surface area contributed by atoms with Crippen LogP contribution in [0.25, 0.3) is 0 Å². The van der Waals surface area contributed by atoms with Crippen molar-refractivity contribution in [3.8, 4) is 0 Å². The molecule has 0 aromatic carbocycles. The summed E-state index contributed by atoms with van der Waals surface area (Å²) in [6.07, 6.45) is 0. The Morgan fingerprint density at radius 1 is 0.333 bits per heavy atom. The van der Waals surface area contributed by atoms with Crippen LogP contribution >= 0.6 is 0 Å². The van der Waals surface area contributed by atoms with E-state index >= 15 is 0 Å². The van der Waals surface area contributed by atoms with Gasteiger partial charge in [0.2, 0.25) is 0 Å². The zero-order valence-corrected chi connectivity index (χ0v) is 17.6. The molecule has 0 saturated carbocycles. The topological polar surface area (TPSA) is 0 Å². The molecule has 0 spiro atoms. The molecule has 0 N–H and O–H groups in total. The number of hydrogen-bond donors (Lipinski definition) is 0. The van der Waals surface area contributed by atoms with Gasteiger partial charge in [-0.3, -0.25) is 0 Å². The van der Waals surface area contributed by atoms with Gasteiger partial charge in [-0.1, -0.05) is 0 Å². The van der Waals surface area contributed by atoms with Crippen LogP contribution in [0.5, 0.6) is 0 Å². The van der Waals surface area contributed by atoms with Crippen molar-refractivity contribution in [3.63, 3.8) is 0 Å². The minimum Gasteiger partial charge on any atom is -1.00 e. The van der Waals surface area contributed by atoms with E-state index in [9.17, 15) is 0 Å². The molecule has 0 aliphatic carbocycles. The van der Waals surface area contributed by atoms with Gasteiger partial charge < -0.3 is 112 Å². The summed E-state index contributed by atoms with van der Waals surface area (Å²) in [6.45, 7) is 0. The van der Waals surface area contributed by atoms with Crippen LogP contribution in [0.2, 0.25) is 0 Å². The minimum absolute atomic E-state index is 0. The molecule has 0 aliphatic heterocycles. The van der Waals surface area contributed by atoms with Crippen LogP contribution in [0.4, 0.5) is 0 Å². The quantitative estimate of drug-likeness (QED) is 0.229. The molecular formula is Cl9DyGdTb. The third kappa shape index (κ3) is 93.9. The molecule has 0 atom stereocenters. The third-order valence-electron chi connectivity index (χ3n) is 0. The first-order valence-electron chi connectivity index (χ1n) is 0. The van der Waals surface area contributed by atoms with Crippen LogP contribution in [0.3, 0.4) is 0 Å². The fourth-order valence-corrected chi connectivity index (χ4v) is 0. The normalized spacial score (nSPS) is 0. The fraction of sp³-hybridized carbons (Fsp3) is 0. The molecule has 2 radical (unpaired) electrons. The molecule has 0 aliphatic rings. The van der Waals surface area contributed by atoms with E-state index in [2.05, 4.69) is 0 Å². The second-order valence-corrected chi connectivity index (χ2v) is 0. The van der Waals surface area contributed by atoms with Gasteiger partial charge in [-0.15, -0.1) is 0 Å². The summed E-state index contributed by atoms with van der Waals surface area (Å²) >= 11 is 0. The van der Waals surface area contributed by atoms with E-state index in [1.807, 2.05) is 0 Å². The molecule has 0 fully saturated rings. The van der Waals surface area contributed by atoms with Crippen molar-refractivity contribution >= 4 is 0 Å². The van der Waals surface area contributed by atoms with E-state index in [1.165, 1.54) is 0 Å². The molecule has 0 amide bonds. The average molecular weight is 798 g/mol. The van der Waals surface area contributed by atoms with Crippen LogP contribution in [0.1, 0.15) is 0 Å². The van der Waals surface area contributed by atoms with E-state index in [4.69, 9.17) is 0 Å². The number of rotatable bonds is 0. The summed E-state index contributed by atoms with van der Waals surface area (Å²) in [6, 6.07) is 0. The summed E-state index contributed by atoms with van der Waals surface area (Å²) in [7, 11) is 0. The summed E-state index contributed by atoms with van der Waals surface area (Å²) in [5, 5.41) is 0. The Balaban J connectivity index is 0. The van der Waals surface area contributed by atoms with Gasteiger partial charge in [0.1, 0.15) is 0 Å². The Bertz CT molecular complexity index is 14.5. The third-order valence-corrected chi connectivity index (χ3v) is 0. The maximum absolute atomic E-state index is 0. The summed E-state index contributed by atoms with van der Waals surface area (Å²) in [5.74, 6) is 0. The molecule has 90 valence electrons. The average Bonchev–Trinajstić information content (AvgIpc) is 0. The van der Waals surface area contributed by atoms with E-state index < -0.39 is 0 Å². The predicted molar refractivity (Wildman–Crippen MR) is 0 cm³/mol. The van der Waals surface area contributed by atoms with Gasteiger partial charge in [0, 0.05) is 0 Å². The van der Waals surface area contributed by atoms with E-state index in [0.29, 0.717) is 0 Å². The summed E-state index contributed by atoms with van der Waals surface area (Å²) in [4.78, 5) is 0. The first kappa shape index (κ1) is 134. The Kier molecular flexibility index (Phi) is 1260. The molecule has 12 heteroatoms. The largest absolute Gasteiger partial charge is 3.00 e. The first-order valence-corrected chi connectivity index (χ1v) is 0. The first-order chi connectivity index (χ1) is 0. The molecular weight excluding hydrogens is 798 g/mol. The zero-order valence-electron chi connectivity index (χ0n) is 4.40. The van der Waals surface area contributed by atoms with Crippen molar-refractivity contribution < 1.29 is 228 Å². The van der Waals surface area contributed by atoms with Gasteiger partial charge in [0.15, 0.2) is 0 Å². The van der Waals surface area contributed by atoms with Crippen LogP contribution in [-0.4, -0.2) is 0 Å². The smallest absolute Gasteiger partial charge is 1.00 e. The second-order valence-electron chi connectivity index (χ2n) is 0. The van der Waals surface area contributed by atoms with Crippen LogP contribution < -0.4 is 112 Å². The molecule has 0 heterocycles. The molecule has 0 bridgehead atoms. The number of hydrogen-bond acceptors (Lipinski definition) is 0. The van der Waals surface area contributed by atoms with Crippen molar-refractivity contribution in [2.24, 2.45) is 0 Å². The van der Waals surface area contributed by atoms with Crippen LogP contribution in [-0.2, 0) is 0 Å². The van der Waals surface area contributed by atoms with E-state index in [0.717, 1.165) is 0 Å². The van der Waals surface area contributed by atoms with Gasteiger partial charge in [-0.05, 0) is 0 Å². The van der Waals surface area contributed by atoms with Crippen molar-refractivity contribution in [2.75, 3.05) is 0 Å². The Hall–Kier alpha value is 6.49. The fourth-order valence-electron chi connectivity index (χ4n) is 0. The van der Waals surface area contributed by atoms with Gasteiger partial charge in [-0.25, -0.2) is 0 Å². The minimum atomic E-state index is 0. The van der Waals surface area contributed by atoms with Crippen molar-refractivity contribution in [1.82, 2.24) is 0 Å². The molecule has 0 aromatic rings. The summed E-state index contributed by atoms with van der Waals surface area (Å²) in [5.41, 5.74) is 0. The molecule has 0 nitrogen and oxygen atoms in total. The molecule has 12 heavy (non-hydrogen) atoms. The second kappa shape index (κ2) is 113. The van der Waals surface area contributed by atoms with E-state index in [1.54, 1.807) is 0 Å². The monoisotopic (exact) mass is 795 g/mol. The van der Waals surface area contributed by atoms with Crippen molar-refractivity contribution in [1.29, 1.82) is 0 Å². The van der Waals surface area contributed by atoms with Crippen molar-refractivity contribution in [2.45, 2.75) is 0 Å². The molecule has 0 unspecified atom stereocenters. The van der Waals surface area contributed by atoms with Crippen LogP contribution in [0.15, 0.2) is 0 Å². The molecule has 0 aromatic heterocycles. The van der Waals surface area contributed by atoms with Gasteiger partial charge in [0.05, 0.1) is 0 Å². The number of halogens is 9. The van der Waals surface area contributed by atoms with E-state index in [-0.39, 0.29) is 228 Å². The maximum atomic E-state index is 0. The SMILES string of the molecule is [Cl-].[Cl-].[Cl-].[Cl-].[Cl-].[Cl-].[Cl-].[Cl-].[Cl-].[Dy+3].[Gd+3].[Tb+3]. The Labute approximate surface area is 222 Å². The Morgan fingerprint density at radius 2 is 0.333 bits per heavy atom.